The lowest BCUT2D eigenvalue weighted by Crippen LogP contribution is -2.19. The van der Waals surface area contributed by atoms with E-state index >= 15 is 0 Å². The number of phenols is 1. The van der Waals surface area contributed by atoms with Crippen molar-refractivity contribution < 1.29 is 14.6 Å². The number of hydrogen-bond acceptors (Lipinski definition) is 4. The van der Waals surface area contributed by atoms with Crippen LogP contribution in [0.25, 0.3) is 0 Å². The average Bonchev–Trinajstić information content (AvgIpc) is 2.88. The molecule has 0 unspecified atom stereocenters. The topological polar surface area (TPSA) is 38.7 Å². The summed E-state index contributed by atoms with van der Waals surface area (Å²) in [6.07, 6.45) is -0.245. The van der Waals surface area contributed by atoms with E-state index in [2.05, 4.69) is 17.2 Å². The number of fused-ring (bicyclic) bond motifs is 1. The number of thioether (sulfide) groups is 1. The summed E-state index contributed by atoms with van der Waals surface area (Å²) in [6.45, 7) is 0.452. The lowest BCUT2D eigenvalue weighted by molar-refractivity contribution is 0.189. The molecule has 1 aliphatic heterocycles. The number of ether oxygens (including phenoxy) is 2. The molecule has 1 heterocycles. The van der Waals surface area contributed by atoms with Crippen molar-refractivity contribution in [3.63, 3.8) is 0 Å². The fourth-order valence-electron chi connectivity index (χ4n) is 3.74. The van der Waals surface area contributed by atoms with Crippen LogP contribution in [0.2, 0.25) is 5.02 Å². The molecule has 0 aromatic heterocycles. The van der Waals surface area contributed by atoms with Crippen LogP contribution in [0.5, 0.6) is 17.2 Å². The van der Waals surface area contributed by atoms with Gasteiger partial charge in [-0.05, 0) is 28.8 Å². The van der Waals surface area contributed by atoms with Crippen LogP contribution in [0.4, 0.5) is 0 Å². The molecule has 0 fully saturated rings. The molecule has 0 amide bonds. The third-order valence-corrected chi connectivity index (χ3v) is 7.18. The molecule has 0 saturated heterocycles. The van der Waals surface area contributed by atoms with Crippen LogP contribution in [0.3, 0.4) is 0 Å². The monoisotopic (exact) mass is 462 g/mol. The second-order valence-electron chi connectivity index (χ2n) is 7.56. The Hall–Kier alpha value is -3.08. The molecule has 0 bridgehead atoms. The molecule has 32 heavy (non-hydrogen) atoms. The Morgan fingerprint density at radius 3 is 2.34 bits per heavy atom. The Kier molecular flexibility index (Phi) is 5.63. The summed E-state index contributed by atoms with van der Waals surface area (Å²) in [7, 11) is 0. The summed E-state index contributed by atoms with van der Waals surface area (Å²) < 4.78 is 19.7. The van der Waals surface area contributed by atoms with Gasteiger partial charge in [0.25, 0.3) is 1.43 Å². The molecular weight excluding hydrogens is 440 g/mol. The van der Waals surface area contributed by atoms with Crippen LogP contribution in [0.1, 0.15) is 28.0 Å². The zero-order chi connectivity index (χ0) is 22.6. The van der Waals surface area contributed by atoms with E-state index in [9.17, 15) is 0 Å². The zero-order valence-corrected chi connectivity index (χ0v) is 18.7. The zero-order valence-electron chi connectivity index (χ0n) is 18.1. The van der Waals surface area contributed by atoms with Crippen molar-refractivity contribution in [3.8, 4) is 17.2 Å². The fourth-order valence-corrected chi connectivity index (χ4v) is 5.36. The number of phenolic OH excluding ortho intramolecular Hbond substituents is 1. The normalized spacial score (nSPS) is 17.6. The van der Waals surface area contributed by atoms with Gasteiger partial charge in [0.2, 0.25) is 0 Å². The number of benzene rings is 4. The van der Waals surface area contributed by atoms with Gasteiger partial charge in [0.05, 0.1) is 15.2 Å². The Balaban J connectivity index is 1.48. The largest absolute Gasteiger partial charge is 0.508 e. The highest BCUT2D eigenvalue weighted by Crippen LogP contribution is 2.56. The Bertz CT molecular complexity index is 1220. The predicted octanol–water partition coefficient (Wildman–Crippen LogP) is 7.59. The van der Waals surface area contributed by atoms with Crippen LogP contribution in [-0.2, 0) is 6.61 Å². The maximum atomic E-state index is 7.11. The van der Waals surface area contributed by atoms with Gasteiger partial charge in [0.1, 0.15) is 30.0 Å². The first kappa shape index (κ1) is 19.6. The minimum absolute atomic E-state index is 0.00931. The van der Waals surface area contributed by atoms with Crippen molar-refractivity contribution in [1.82, 2.24) is 0 Å². The summed E-state index contributed by atoms with van der Waals surface area (Å²) in [5, 5.41) is 5.21. The molecule has 0 aliphatic carbocycles. The van der Waals surface area contributed by atoms with Gasteiger partial charge in [-0.15, -0.1) is 11.8 Å². The summed E-state index contributed by atoms with van der Waals surface area (Å²) in [5.74, 6) is 1.85. The minimum Gasteiger partial charge on any atom is -0.508 e. The van der Waals surface area contributed by atoms with Crippen molar-refractivity contribution in [2.45, 2.75) is 22.9 Å². The Labute approximate surface area is 198 Å². The van der Waals surface area contributed by atoms with Gasteiger partial charge in [0, 0.05) is 12.1 Å². The van der Waals surface area contributed by atoms with Crippen LogP contribution in [-0.4, -0.2) is 6.54 Å². The van der Waals surface area contributed by atoms with Gasteiger partial charge in [-0.25, -0.2) is 0 Å². The van der Waals surface area contributed by atoms with Gasteiger partial charge < -0.3 is 14.6 Å². The number of rotatable bonds is 6. The second kappa shape index (κ2) is 9.19. The molecule has 1 N–H and O–H groups in total. The predicted molar refractivity (Wildman–Crippen MR) is 129 cm³/mol. The first-order valence-electron chi connectivity index (χ1n) is 10.7. The summed E-state index contributed by atoms with van der Waals surface area (Å²) in [5.41, 5.74) is 3.23. The SMILES string of the molecule is [3H]Oc1ccc([C@H]2Oc3cc(OCc4ccccc4)cc(Cl)c3S[C@H]2c2ccccc2)cc1. The minimum atomic E-state index is -0.245. The molecule has 0 radical (unpaired) electrons. The lowest BCUT2D eigenvalue weighted by atomic mass is 10.00. The highest BCUT2D eigenvalue weighted by Gasteiger charge is 2.35. The molecule has 2 atom stereocenters. The van der Waals surface area contributed by atoms with Gasteiger partial charge in [0.15, 0.2) is 0 Å². The maximum Gasteiger partial charge on any atom is 0.293 e. The van der Waals surface area contributed by atoms with E-state index in [0.29, 0.717) is 28.9 Å². The third-order valence-electron chi connectivity index (χ3n) is 5.34. The van der Waals surface area contributed by atoms with Crippen molar-refractivity contribution in [1.29, 1.82) is 1.43 Å². The van der Waals surface area contributed by atoms with Gasteiger partial charge in [-0.3, -0.25) is 0 Å². The third kappa shape index (κ3) is 4.43. The van der Waals surface area contributed by atoms with Crippen LogP contribution in [0.15, 0.2) is 102 Å². The molecule has 4 aromatic carbocycles. The standard InChI is InChI=1S/C27H21ClO3S/c28-23-15-22(30-17-18-7-3-1-4-8-18)16-24-27(23)32-26(20-9-5-2-6-10-20)25(31-24)19-11-13-21(29)14-12-19/h1-16,25-26,29H,17H2/t25-,26+/m1/s1/i/hT. The number of halogens is 1. The van der Waals surface area contributed by atoms with Gasteiger partial charge >= 0.3 is 0 Å². The summed E-state index contributed by atoms with van der Waals surface area (Å²) >= 11 is 8.39. The highest BCUT2D eigenvalue weighted by atomic mass is 35.5. The molecular formula is C27H21ClO3S. The summed E-state index contributed by atoms with van der Waals surface area (Å²) in [6, 6.07) is 31.5. The van der Waals surface area contributed by atoms with Crippen LogP contribution < -0.4 is 9.47 Å². The molecule has 4 aromatic rings. The van der Waals surface area contributed by atoms with Crippen molar-refractivity contribution >= 4 is 23.4 Å². The van der Waals surface area contributed by atoms with E-state index in [4.69, 9.17) is 22.5 Å². The molecule has 0 saturated carbocycles. The fraction of sp³-hybridized carbons (Fsp3) is 0.111. The molecule has 1 aliphatic rings. The van der Waals surface area contributed by atoms with Crippen LogP contribution in [0, 0.1) is 0 Å². The van der Waals surface area contributed by atoms with E-state index in [-0.39, 0.29) is 11.4 Å². The number of aromatic hydroxyl groups is 1. The quantitative estimate of drug-likeness (QED) is 0.320. The maximum absolute atomic E-state index is 7.11. The van der Waals surface area contributed by atoms with E-state index in [1.165, 1.54) is 0 Å². The molecule has 5 rings (SSSR count). The first-order valence-corrected chi connectivity index (χ1v) is 11.6. The van der Waals surface area contributed by atoms with Crippen molar-refractivity contribution in [2.75, 3.05) is 0 Å². The van der Waals surface area contributed by atoms with Gasteiger partial charge in [-0.2, -0.15) is 0 Å². The van der Waals surface area contributed by atoms with Crippen LogP contribution >= 0.6 is 23.4 Å². The number of hydrogen-bond donors (Lipinski definition) is 1. The smallest absolute Gasteiger partial charge is 0.293 e. The van der Waals surface area contributed by atoms with E-state index in [1.807, 2.05) is 72.8 Å². The molecule has 3 nitrogen and oxygen atoms in total. The van der Waals surface area contributed by atoms with Crippen molar-refractivity contribution in [2.24, 2.45) is 0 Å². The molecule has 160 valence electrons. The van der Waals surface area contributed by atoms with Crippen molar-refractivity contribution in [3.05, 3.63) is 119 Å². The Morgan fingerprint density at radius 1 is 0.906 bits per heavy atom. The van der Waals surface area contributed by atoms with E-state index in [1.54, 1.807) is 23.9 Å². The Morgan fingerprint density at radius 2 is 1.62 bits per heavy atom. The van der Waals surface area contributed by atoms with E-state index < -0.39 is 0 Å². The average molecular weight is 463 g/mol. The van der Waals surface area contributed by atoms with E-state index in [0.717, 1.165) is 21.6 Å². The first-order chi connectivity index (χ1) is 16.2. The lowest BCUT2D eigenvalue weighted by Gasteiger charge is -2.34. The second-order valence-corrected chi connectivity index (χ2v) is 9.12. The molecule has 5 heteroatoms. The molecule has 0 spiro atoms. The summed E-state index contributed by atoms with van der Waals surface area (Å²) in [4.78, 5) is 0.903. The highest BCUT2D eigenvalue weighted by molar-refractivity contribution is 7.99. The van der Waals surface area contributed by atoms with Gasteiger partial charge in [-0.1, -0.05) is 84.4 Å².